The SMILES string of the molecule is COc1ccc(CC(N)=NC(=NC2CCN(C)CC2)C2CCCCO2)cc1. The largest absolute Gasteiger partial charge is 0.497 e. The number of nitrogens with two attached hydrogens (primary N) is 1. The van der Waals surface area contributed by atoms with Crippen molar-refractivity contribution in [2.45, 2.75) is 50.7 Å². The molecule has 0 radical (unpaired) electrons. The molecule has 0 saturated carbocycles. The van der Waals surface area contributed by atoms with Gasteiger partial charge in [-0.2, -0.15) is 0 Å². The maximum atomic E-state index is 6.29. The number of methoxy groups -OCH3 is 1. The van der Waals surface area contributed by atoms with Gasteiger partial charge in [0.05, 0.1) is 13.2 Å². The summed E-state index contributed by atoms with van der Waals surface area (Å²) in [5.74, 6) is 2.21. The van der Waals surface area contributed by atoms with Crippen molar-refractivity contribution in [3.8, 4) is 5.75 Å². The van der Waals surface area contributed by atoms with Crippen LogP contribution in [-0.2, 0) is 11.2 Å². The van der Waals surface area contributed by atoms with E-state index in [0.29, 0.717) is 18.3 Å². The van der Waals surface area contributed by atoms with Crippen LogP contribution in [0.2, 0.25) is 0 Å². The second-order valence-corrected chi connectivity index (χ2v) is 7.50. The molecule has 2 aliphatic rings. The van der Waals surface area contributed by atoms with Crippen molar-refractivity contribution in [1.29, 1.82) is 0 Å². The first-order valence-electron chi connectivity index (χ1n) is 9.98. The highest BCUT2D eigenvalue weighted by Crippen LogP contribution is 2.19. The number of ether oxygens (including phenoxy) is 2. The van der Waals surface area contributed by atoms with E-state index in [1.54, 1.807) is 7.11 Å². The van der Waals surface area contributed by atoms with E-state index in [1.807, 2.05) is 24.3 Å². The van der Waals surface area contributed by atoms with Crippen molar-refractivity contribution in [1.82, 2.24) is 4.90 Å². The van der Waals surface area contributed by atoms with E-state index in [-0.39, 0.29) is 6.10 Å². The molecule has 0 aliphatic carbocycles. The van der Waals surface area contributed by atoms with Gasteiger partial charge in [-0.05, 0) is 69.9 Å². The van der Waals surface area contributed by atoms with Crippen LogP contribution in [0.3, 0.4) is 0 Å². The fourth-order valence-electron chi connectivity index (χ4n) is 3.58. The van der Waals surface area contributed by atoms with Gasteiger partial charge in [-0.3, -0.25) is 4.99 Å². The molecule has 1 unspecified atom stereocenters. The van der Waals surface area contributed by atoms with Crippen LogP contribution < -0.4 is 10.5 Å². The summed E-state index contributed by atoms with van der Waals surface area (Å²) in [5, 5.41) is 0. The summed E-state index contributed by atoms with van der Waals surface area (Å²) in [6.07, 6.45) is 5.97. The molecule has 0 aromatic heterocycles. The number of hydrogen-bond acceptors (Lipinski definition) is 4. The van der Waals surface area contributed by atoms with E-state index in [9.17, 15) is 0 Å². The molecule has 0 bridgehead atoms. The highest BCUT2D eigenvalue weighted by Gasteiger charge is 2.23. The number of amidine groups is 2. The average Bonchev–Trinajstić information content (AvgIpc) is 2.70. The quantitative estimate of drug-likeness (QED) is 0.637. The Balaban J connectivity index is 1.73. The molecular formula is C21H32N4O2. The van der Waals surface area contributed by atoms with Gasteiger partial charge in [-0.15, -0.1) is 0 Å². The van der Waals surface area contributed by atoms with Gasteiger partial charge in [0.25, 0.3) is 0 Å². The third-order valence-electron chi connectivity index (χ3n) is 5.27. The first-order valence-corrected chi connectivity index (χ1v) is 9.98. The van der Waals surface area contributed by atoms with Crippen molar-refractivity contribution < 1.29 is 9.47 Å². The van der Waals surface area contributed by atoms with Gasteiger partial charge in [0.1, 0.15) is 17.7 Å². The molecule has 148 valence electrons. The highest BCUT2D eigenvalue weighted by atomic mass is 16.5. The summed E-state index contributed by atoms with van der Waals surface area (Å²) in [4.78, 5) is 12.1. The van der Waals surface area contributed by atoms with Crippen LogP contribution in [0.25, 0.3) is 0 Å². The van der Waals surface area contributed by atoms with Crippen molar-refractivity contribution in [3.63, 3.8) is 0 Å². The molecule has 2 heterocycles. The van der Waals surface area contributed by atoms with Gasteiger partial charge < -0.3 is 20.1 Å². The van der Waals surface area contributed by atoms with Gasteiger partial charge in [-0.1, -0.05) is 12.1 Å². The first kappa shape index (κ1) is 19.8. The summed E-state index contributed by atoms with van der Waals surface area (Å²) in [5.41, 5.74) is 7.40. The molecule has 27 heavy (non-hydrogen) atoms. The Labute approximate surface area is 162 Å². The van der Waals surface area contributed by atoms with Crippen molar-refractivity contribution in [2.24, 2.45) is 15.7 Å². The monoisotopic (exact) mass is 372 g/mol. The topological polar surface area (TPSA) is 72.4 Å². The average molecular weight is 373 g/mol. The fourth-order valence-corrected chi connectivity index (χ4v) is 3.58. The van der Waals surface area contributed by atoms with Gasteiger partial charge in [0.2, 0.25) is 0 Å². The molecular weight excluding hydrogens is 340 g/mol. The predicted molar refractivity (Wildman–Crippen MR) is 110 cm³/mol. The van der Waals surface area contributed by atoms with Gasteiger partial charge >= 0.3 is 0 Å². The van der Waals surface area contributed by atoms with E-state index in [4.69, 9.17) is 25.2 Å². The summed E-state index contributed by atoms with van der Waals surface area (Å²) >= 11 is 0. The van der Waals surface area contributed by atoms with Gasteiger partial charge in [0, 0.05) is 13.0 Å². The Morgan fingerprint density at radius 2 is 1.93 bits per heavy atom. The Bertz CT molecular complexity index is 643. The molecule has 1 aromatic carbocycles. The maximum Gasteiger partial charge on any atom is 0.154 e. The normalized spacial score (nSPS) is 23.4. The second kappa shape index (κ2) is 9.85. The summed E-state index contributed by atoms with van der Waals surface area (Å²) in [7, 11) is 3.83. The third-order valence-corrected chi connectivity index (χ3v) is 5.27. The smallest absolute Gasteiger partial charge is 0.154 e. The van der Waals surface area contributed by atoms with E-state index in [2.05, 4.69) is 11.9 Å². The Kier molecular flexibility index (Phi) is 7.24. The van der Waals surface area contributed by atoms with Crippen LogP contribution in [0.5, 0.6) is 5.75 Å². The van der Waals surface area contributed by atoms with Gasteiger partial charge in [0.15, 0.2) is 5.84 Å². The summed E-state index contributed by atoms with van der Waals surface area (Å²) < 4.78 is 11.2. The Morgan fingerprint density at radius 1 is 1.19 bits per heavy atom. The molecule has 2 N–H and O–H groups in total. The van der Waals surface area contributed by atoms with Gasteiger partial charge in [-0.25, -0.2) is 4.99 Å². The van der Waals surface area contributed by atoms with E-state index < -0.39 is 0 Å². The lowest BCUT2D eigenvalue weighted by Crippen LogP contribution is -2.35. The molecule has 1 atom stereocenters. The summed E-state index contributed by atoms with van der Waals surface area (Å²) in [6, 6.07) is 8.25. The van der Waals surface area contributed by atoms with Crippen LogP contribution in [0, 0.1) is 0 Å². The second-order valence-electron chi connectivity index (χ2n) is 7.50. The number of piperidine rings is 1. The lowest BCUT2D eigenvalue weighted by Gasteiger charge is -2.28. The molecule has 6 nitrogen and oxygen atoms in total. The minimum absolute atomic E-state index is 0.0205. The van der Waals surface area contributed by atoms with E-state index in [0.717, 1.165) is 68.9 Å². The lowest BCUT2D eigenvalue weighted by molar-refractivity contribution is 0.0575. The number of aliphatic imine (C=N–C) groups is 2. The number of hydrogen-bond donors (Lipinski definition) is 1. The van der Waals surface area contributed by atoms with Crippen LogP contribution in [0.4, 0.5) is 0 Å². The summed E-state index contributed by atoms with van der Waals surface area (Å²) in [6.45, 7) is 2.95. The van der Waals surface area contributed by atoms with E-state index in [1.165, 1.54) is 0 Å². The Hall–Kier alpha value is -1.92. The first-order chi connectivity index (χ1) is 13.1. The van der Waals surface area contributed by atoms with Crippen molar-refractivity contribution in [3.05, 3.63) is 29.8 Å². The minimum atomic E-state index is -0.0205. The zero-order chi connectivity index (χ0) is 19.1. The fraction of sp³-hybridized carbons (Fsp3) is 0.619. The standard InChI is InChI=1S/C21H32N4O2/c1-25-12-10-17(11-13-25)23-21(19-5-3-4-14-27-19)24-20(22)15-16-6-8-18(26-2)9-7-16/h6-9,17,19H,3-5,10-15H2,1-2H3,(H2,22,23,24). The highest BCUT2D eigenvalue weighted by molar-refractivity contribution is 5.99. The molecule has 2 fully saturated rings. The number of rotatable bonds is 5. The molecule has 2 saturated heterocycles. The molecule has 0 spiro atoms. The van der Waals surface area contributed by atoms with Crippen molar-refractivity contribution in [2.75, 3.05) is 33.9 Å². The van der Waals surface area contributed by atoms with E-state index >= 15 is 0 Å². The Morgan fingerprint density at radius 3 is 2.56 bits per heavy atom. The minimum Gasteiger partial charge on any atom is -0.497 e. The van der Waals surface area contributed by atoms with Crippen LogP contribution in [0.15, 0.2) is 34.3 Å². The molecule has 6 heteroatoms. The zero-order valence-corrected chi connectivity index (χ0v) is 16.6. The number of nitrogens with zero attached hydrogens (tertiary/aromatic N) is 3. The predicted octanol–water partition coefficient (Wildman–Crippen LogP) is 2.66. The molecule has 3 rings (SSSR count). The molecule has 2 aliphatic heterocycles. The van der Waals surface area contributed by atoms with Crippen LogP contribution >= 0.6 is 0 Å². The van der Waals surface area contributed by atoms with Crippen molar-refractivity contribution >= 4 is 11.7 Å². The lowest BCUT2D eigenvalue weighted by atomic mass is 10.0. The number of benzene rings is 1. The number of likely N-dealkylation sites (tertiary alicyclic amines) is 1. The zero-order valence-electron chi connectivity index (χ0n) is 16.6. The molecule has 0 amide bonds. The van der Waals surface area contributed by atoms with Crippen LogP contribution in [-0.4, -0.2) is 62.6 Å². The maximum absolute atomic E-state index is 6.29. The third kappa shape index (κ3) is 6.04. The molecule has 1 aromatic rings. The van der Waals surface area contributed by atoms with Crippen LogP contribution in [0.1, 0.15) is 37.7 Å².